The largest absolute Gasteiger partial charge is 0.337 e. The maximum absolute atomic E-state index is 13.3. The number of hydrogen-bond acceptors (Lipinski definition) is 3. The van der Waals surface area contributed by atoms with Gasteiger partial charge in [0.2, 0.25) is 0 Å². The van der Waals surface area contributed by atoms with Gasteiger partial charge in [-0.3, -0.25) is 14.5 Å². The van der Waals surface area contributed by atoms with Crippen LogP contribution < -0.4 is 0 Å². The van der Waals surface area contributed by atoms with Gasteiger partial charge >= 0.3 is 0 Å². The maximum atomic E-state index is 13.3. The van der Waals surface area contributed by atoms with E-state index in [1.807, 2.05) is 72.7 Å². The van der Waals surface area contributed by atoms with Gasteiger partial charge in [-0.05, 0) is 30.5 Å². The van der Waals surface area contributed by atoms with E-state index in [4.69, 9.17) is 4.98 Å². The molecule has 5 nitrogen and oxygen atoms in total. The summed E-state index contributed by atoms with van der Waals surface area (Å²) < 4.78 is 1.91. The van der Waals surface area contributed by atoms with Gasteiger partial charge in [-0.15, -0.1) is 0 Å². The Morgan fingerprint density at radius 3 is 2.63 bits per heavy atom. The third-order valence-corrected chi connectivity index (χ3v) is 5.60. The van der Waals surface area contributed by atoms with Gasteiger partial charge in [0.25, 0.3) is 5.91 Å². The molecule has 150 valence electrons. The van der Waals surface area contributed by atoms with Crippen LogP contribution in [0.4, 0.5) is 0 Å². The summed E-state index contributed by atoms with van der Waals surface area (Å²) >= 11 is 0. The zero-order chi connectivity index (χ0) is 20.5. The SMILES string of the molecule is CN(Cc1cnn(Cc2ccccc2)c1)C(=O)c1cc(C2CC2)nc2ccccc12. The molecule has 2 aromatic carbocycles. The molecule has 0 atom stereocenters. The van der Waals surface area contributed by atoms with Crippen LogP contribution in [0.15, 0.2) is 73.1 Å². The van der Waals surface area contributed by atoms with Crippen LogP contribution >= 0.6 is 0 Å². The number of aromatic nitrogens is 3. The average Bonchev–Trinajstić information content (AvgIpc) is 3.54. The highest BCUT2D eigenvalue weighted by Gasteiger charge is 2.27. The highest BCUT2D eigenvalue weighted by Crippen LogP contribution is 2.40. The van der Waals surface area contributed by atoms with Crippen molar-refractivity contribution in [3.8, 4) is 0 Å². The quantitative estimate of drug-likeness (QED) is 0.477. The Balaban J connectivity index is 1.36. The number of carbonyl (C=O) groups is 1. The number of pyridine rings is 1. The smallest absolute Gasteiger partial charge is 0.254 e. The predicted molar refractivity (Wildman–Crippen MR) is 117 cm³/mol. The second-order valence-corrected chi connectivity index (χ2v) is 8.08. The number of hydrogen-bond donors (Lipinski definition) is 0. The molecule has 0 saturated heterocycles. The number of benzene rings is 2. The molecule has 0 unspecified atom stereocenters. The summed E-state index contributed by atoms with van der Waals surface area (Å²) in [6.45, 7) is 1.24. The van der Waals surface area contributed by atoms with E-state index in [1.54, 1.807) is 4.90 Å². The van der Waals surface area contributed by atoms with Gasteiger partial charge in [0, 0.05) is 42.4 Å². The van der Waals surface area contributed by atoms with Crippen LogP contribution in [0.5, 0.6) is 0 Å². The van der Waals surface area contributed by atoms with E-state index in [0.29, 0.717) is 12.5 Å². The lowest BCUT2D eigenvalue weighted by atomic mass is 10.0. The lowest BCUT2D eigenvalue weighted by Gasteiger charge is -2.18. The van der Waals surface area contributed by atoms with Crippen LogP contribution in [-0.2, 0) is 13.1 Å². The first-order valence-corrected chi connectivity index (χ1v) is 10.4. The van der Waals surface area contributed by atoms with Gasteiger partial charge in [-0.1, -0.05) is 48.5 Å². The Morgan fingerprint density at radius 2 is 1.83 bits per heavy atom. The van der Waals surface area contributed by atoms with Crippen molar-refractivity contribution in [1.29, 1.82) is 0 Å². The fourth-order valence-electron chi connectivity index (χ4n) is 3.86. The number of nitrogens with zero attached hydrogens (tertiary/aromatic N) is 4. The van der Waals surface area contributed by atoms with Crippen LogP contribution in [0.3, 0.4) is 0 Å². The summed E-state index contributed by atoms with van der Waals surface area (Å²) in [5.74, 6) is 0.522. The van der Waals surface area contributed by atoms with Crippen molar-refractivity contribution >= 4 is 16.8 Å². The minimum atomic E-state index is 0.0197. The molecule has 0 spiro atoms. The average molecular weight is 396 g/mol. The maximum Gasteiger partial charge on any atom is 0.254 e. The molecular weight excluding hydrogens is 372 g/mol. The van der Waals surface area contributed by atoms with E-state index >= 15 is 0 Å². The van der Waals surface area contributed by atoms with Gasteiger partial charge < -0.3 is 4.90 Å². The molecule has 2 heterocycles. The zero-order valence-corrected chi connectivity index (χ0v) is 17.0. The molecule has 1 saturated carbocycles. The Hall–Kier alpha value is -3.47. The van der Waals surface area contributed by atoms with Gasteiger partial charge in [-0.25, -0.2) is 0 Å². The topological polar surface area (TPSA) is 51.0 Å². The third-order valence-electron chi connectivity index (χ3n) is 5.60. The van der Waals surface area contributed by atoms with Crippen LogP contribution in [0.2, 0.25) is 0 Å². The molecule has 0 N–H and O–H groups in total. The van der Waals surface area contributed by atoms with Crippen molar-refractivity contribution in [2.75, 3.05) is 7.05 Å². The van der Waals surface area contributed by atoms with Crippen molar-refractivity contribution in [3.05, 3.63) is 95.4 Å². The van der Waals surface area contributed by atoms with Crippen molar-refractivity contribution < 1.29 is 4.79 Å². The number of amides is 1. The first-order chi connectivity index (χ1) is 14.7. The van der Waals surface area contributed by atoms with E-state index in [0.717, 1.165) is 47.1 Å². The molecule has 4 aromatic rings. The molecule has 1 aliphatic rings. The van der Waals surface area contributed by atoms with Crippen LogP contribution in [-0.4, -0.2) is 32.6 Å². The Kier molecular flexibility index (Phi) is 4.79. The third kappa shape index (κ3) is 3.83. The number of para-hydroxylation sites is 1. The molecule has 1 fully saturated rings. The van der Waals surface area contributed by atoms with Crippen LogP contribution in [0.1, 0.15) is 45.9 Å². The Labute approximate surface area is 176 Å². The first kappa shape index (κ1) is 18.6. The molecule has 1 aliphatic carbocycles. The zero-order valence-electron chi connectivity index (χ0n) is 17.0. The highest BCUT2D eigenvalue weighted by molar-refractivity contribution is 6.06. The van der Waals surface area contributed by atoms with E-state index in [9.17, 15) is 4.79 Å². The minimum Gasteiger partial charge on any atom is -0.337 e. The van der Waals surface area contributed by atoms with E-state index in [-0.39, 0.29) is 5.91 Å². The van der Waals surface area contributed by atoms with Crippen molar-refractivity contribution in [2.24, 2.45) is 0 Å². The molecule has 2 aromatic heterocycles. The fourth-order valence-corrected chi connectivity index (χ4v) is 3.86. The molecule has 30 heavy (non-hydrogen) atoms. The second kappa shape index (κ2) is 7.75. The molecule has 5 rings (SSSR count). The van der Waals surface area contributed by atoms with Gasteiger partial charge in [0.15, 0.2) is 0 Å². The molecular formula is C25H24N4O. The second-order valence-electron chi connectivity index (χ2n) is 8.08. The standard InChI is InChI=1S/C25H24N4O/c1-28(15-19-14-26-29(17-19)16-18-7-3-2-4-8-18)25(30)22-13-24(20-11-12-20)27-23-10-6-5-9-21(22)23/h2-10,13-14,17,20H,11-12,15-16H2,1H3. The van der Waals surface area contributed by atoms with Crippen molar-refractivity contribution in [2.45, 2.75) is 31.8 Å². The molecule has 5 heteroatoms. The van der Waals surface area contributed by atoms with Crippen LogP contribution in [0.25, 0.3) is 10.9 Å². The lowest BCUT2D eigenvalue weighted by Crippen LogP contribution is -2.26. The predicted octanol–water partition coefficient (Wildman–Crippen LogP) is 4.63. The Bertz CT molecular complexity index is 1190. The van der Waals surface area contributed by atoms with Gasteiger partial charge in [0.05, 0.1) is 23.8 Å². The molecule has 0 aliphatic heterocycles. The minimum absolute atomic E-state index is 0.0197. The summed E-state index contributed by atoms with van der Waals surface area (Å²) in [6, 6.07) is 20.2. The number of fused-ring (bicyclic) bond motifs is 1. The normalized spacial score (nSPS) is 13.5. The van der Waals surface area contributed by atoms with Crippen molar-refractivity contribution in [3.63, 3.8) is 0 Å². The lowest BCUT2D eigenvalue weighted by molar-refractivity contribution is 0.0787. The summed E-state index contributed by atoms with van der Waals surface area (Å²) in [5.41, 5.74) is 4.90. The molecule has 0 bridgehead atoms. The molecule has 1 amide bonds. The first-order valence-electron chi connectivity index (χ1n) is 10.4. The summed E-state index contributed by atoms with van der Waals surface area (Å²) in [6.07, 6.45) is 6.18. The monoisotopic (exact) mass is 396 g/mol. The summed E-state index contributed by atoms with van der Waals surface area (Å²) in [4.78, 5) is 19.9. The van der Waals surface area contributed by atoms with E-state index in [1.165, 1.54) is 5.56 Å². The van der Waals surface area contributed by atoms with Crippen molar-refractivity contribution in [1.82, 2.24) is 19.7 Å². The van der Waals surface area contributed by atoms with E-state index in [2.05, 4.69) is 17.2 Å². The number of rotatable bonds is 6. The highest BCUT2D eigenvalue weighted by atomic mass is 16.2. The van der Waals surface area contributed by atoms with Gasteiger partial charge in [-0.2, -0.15) is 5.10 Å². The fraction of sp³-hybridized carbons (Fsp3) is 0.240. The molecule has 0 radical (unpaired) electrons. The van der Waals surface area contributed by atoms with E-state index < -0.39 is 0 Å². The van der Waals surface area contributed by atoms with Crippen LogP contribution in [0, 0.1) is 0 Å². The number of carbonyl (C=O) groups excluding carboxylic acids is 1. The Morgan fingerprint density at radius 1 is 1.07 bits per heavy atom. The summed E-state index contributed by atoms with van der Waals surface area (Å²) in [5, 5.41) is 5.38. The van der Waals surface area contributed by atoms with Gasteiger partial charge in [0.1, 0.15) is 0 Å². The summed E-state index contributed by atoms with van der Waals surface area (Å²) in [7, 11) is 1.85.